The molecule has 0 bridgehead atoms. The number of carbonyl (C=O) groups is 2. The minimum Gasteiger partial charge on any atom is -0.381 e. The fourth-order valence-corrected chi connectivity index (χ4v) is 6.40. The standard InChI is InChI=1S/C29H38ClN5O3/c1-19-7-8-25(12-26(19)30)35(28(36)22-6-4-11-38-17-22)10-5-9-33-13-23-15-34(16-24(23)14-33)29(37)27-20(2)31-18-32-21(27)3/h7-8,12,18,22-24H,4-6,9-11,13-17H2,1-3H3. The number of hydrogen-bond donors (Lipinski definition) is 0. The summed E-state index contributed by atoms with van der Waals surface area (Å²) in [5, 5.41) is 0.680. The molecule has 3 aliphatic heterocycles. The Hall–Kier alpha value is -2.55. The Morgan fingerprint density at radius 3 is 2.42 bits per heavy atom. The lowest BCUT2D eigenvalue weighted by Gasteiger charge is -2.30. The van der Waals surface area contributed by atoms with Crippen LogP contribution < -0.4 is 4.90 Å². The van der Waals surface area contributed by atoms with Crippen molar-refractivity contribution in [1.82, 2.24) is 19.8 Å². The Morgan fingerprint density at radius 1 is 1.08 bits per heavy atom. The first-order valence-corrected chi connectivity index (χ1v) is 14.1. The molecule has 0 saturated carbocycles. The van der Waals surface area contributed by atoms with Crippen LogP contribution in [0, 0.1) is 38.5 Å². The first kappa shape index (κ1) is 27.0. The van der Waals surface area contributed by atoms with Crippen molar-refractivity contribution in [2.24, 2.45) is 17.8 Å². The fourth-order valence-electron chi connectivity index (χ4n) is 6.22. The molecule has 4 heterocycles. The monoisotopic (exact) mass is 539 g/mol. The summed E-state index contributed by atoms with van der Waals surface area (Å²) in [4.78, 5) is 41.5. The summed E-state index contributed by atoms with van der Waals surface area (Å²) in [7, 11) is 0. The van der Waals surface area contributed by atoms with E-state index >= 15 is 0 Å². The number of likely N-dealkylation sites (tertiary alicyclic amines) is 2. The van der Waals surface area contributed by atoms with Gasteiger partial charge in [-0.1, -0.05) is 17.7 Å². The zero-order valence-corrected chi connectivity index (χ0v) is 23.4. The molecule has 3 aliphatic rings. The molecule has 0 aliphatic carbocycles. The maximum Gasteiger partial charge on any atom is 0.257 e. The summed E-state index contributed by atoms with van der Waals surface area (Å²) in [5.74, 6) is 1.06. The molecular weight excluding hydrogens is 502 g/mol. The van der Waals surface area contributed by atoms with E-state index in [-0.39, 0.29) is 17.7 Å². The van der Waals surface area contributed by atoms with E-state index in [4.69, 9.17) is 16.3 Å². The minimum absolute atomic E-state index is 0.0548. The first-order valence-electron chi connectivity index (χ1n) is 13.8. The average Bonchev–Trinajstić information content (AvgIpc) is 3.47. The van der Waals surface area contributed by atoms with E-state index in [2.05, 4.69) is 14.9 Å². The van der Waals surface area contributed by atoms with E-state index in [0.717, 1.165) is 81.2 Å². The number of fused-ring (bicyclic) bond motifs is 1. The van der Waals surface area contributed by atoms with Gasteiger partial charge in [0, 0.05) is 50.0 Å². The molecule has 3 fully saturated rings. The zero-order valence-electron chi connectivity index (χ0n) is 22.7. The van der Waals surface area contributed by atoms with Gasteiger partial charge in [0.15, 0.2) is 0 Å². The van der Waals surface area contributed by atoms with E-state index in [9.17, 15) is 9.59 Å². The molecule has 5 rings (SSSR count). The third-order valence-electron chi connectivity index (χ3n) is 8.39. The van der Waals surface area contributed by atoms with Crippen molar-refractivity contribution in [2.75, 3.05) is 57.4 Å². The predicted molar refractivity (Wildman–Crippen MR) is 148 cm³/mol. The third kappa shape index (κ3) is 5.72. The molecule has 0 radical (unpaired) electrons. The number of anilines is 1. The molecule has 3 atom stereocenters. The Labute approximate surface area is 230 Å². The molecule has 38 heavy (non-hydrogen) atoms. The van der Waals surface area contributed by atoms with Gasteiger partial charge < -0.3 is 19.4 Å². The molecule has 1 aromatic carbocycles. The summed E-state index contributed by atoms with van der Waals surface area (Å²) < 4.78 is 5.61. The summed E-state index contributed by atoms with van der Waals surface area (Å²) >= 11 is 6.43. The number of benzene rings is 1. The van der Waals surface area contributed by atoms with Crippen LogP contribution in [0.1, 0.15) is 46.6 Å². The van der Waals surface area contributed by atoms with E-state index in [1.54, 1.807) is 0 Å². The molecule has 0 N–H and O–H groups in total. The zero-order chi connectivity index (χ0) is 26.8. The lowest BCUT2D eigenvalue weighted by atomic mass is 10.00. The van der Waals surface area contributed by atoms with Crippen LogP contribution in [-0.4, -0.2) is 84.1 Å². The normalized spacial score (nSPS) is 23.5. The largest absolute Gasteiger partial charge is 0.381 e. The number of amides is 2. The van der Waals surface area contributed by atoms with Crippen molar-refractivity contribution in [3.8, 4) is 0 Å². The average molecular weight is 540 g/mol. The van der Waals surface area contributed by atoms with Crippen molar-refractivity contribution in [3.05, 3.63) is 52.1 Å². The highest BCUT2D eigenvalue weighted by atomic mass is 35.5. The number of rotatable bonds is 7. The molecule has 2 aromatic rings. The lowest BCUT2D eigenvalue weighted by Crippen LogP contribution is -2.41. The summed E-state index contributed by atoms with van der Waals surface area (Å²) in [6.45, 7) is 12.1. The SMILES string of the molecule is Cc1ccc(N(CCCN2CC3CN(C(=O)c4c(C)ncnc4C)CC3C2)C(=O)C2CCCOC2)cc1Cl. The third-order valence-corrected chi connectivity index (χ3v) is 8.80. The number of aromatic nitrogens is 2. The van der Waals surface area contributed by atoms with Crippen LogP contribution >= 0.6 is 11.6 Å². The van der Waals surface area contributed by atoms with Crippen molar-refractivity contribution < 1.29 is 14.3 Å². The van der Waals surface area contributed by atoms with Crippen molar-refractivity contribution >= 4 is 29.1 Å². The second-order valence-corrected chi connectivity index (χ2v) is 11.5. The number of aryl methyl sites for hydroxylation is 3. The molecule has 9 heteroatoms. The topological polar surface area (TPSA) is 78.9 Å². The Balaban J connectivity index is 1.17. The van der Waals surface area contributed by atoms with Gasteiger partial charge in [-0.2, -0.15) is 0 Å². The van der Waals surface area contributed by atoms with Gasteiger partial charge in [-0.15, -0.1) is 0 Å². The molecule has 2 amide bonds. The first-order chi connectivity index (χ1) is 18.3. The summed E-state index contributed by atoms with van der Waals surface area (Å²) in [6, 6.07) is 5.88. The van der Waals surface area contributed by atoms with E-state index in [0.29, 0.717) is 35.6 Å². The number of halogens is 1. The van der Waals surface area contributed by atoms with Gasteiger partial charge in [-0.3, -0.25) is 9.59 Å². The van der Waals surface area contributed by atoms with Crippen LogP contribution in [-0.2, 0) is 9.53 Å². The Bertz CT molecular complexity index is 1150. The maximum atomic E-state index is 13.5. The molecule has 1 aromatic heterocycles. The van der Waals surface area contributed by atoms with Gasteiger partial charge in [0.25, 0.3) is 5.91 Å². The predicted octanol–water partition coefficient (Wildman–Crippen LogP) is 3.91. The van der Waals surface area contributed by atoms with Gasteiger partial charge >= 0.3 is 0 Å². The highest BCUT2D eigenvalue weighted by Crippen LogP contribution is 2.33. The minimum atomic E-state index is -0.0965. The molecule has 204 valence electrons. The van der Waals surface area contributed by atoms with Crippen molar-refractivity contribution in [3.63, 3.8) is 0 Å². The highest BCUT2D eigenvalue weighted by molar-refractivity contribution is 6.31. The van der Waals surface area contributed by atoms with E-state index in [1.807, 2.05) is 48.8 Å². The lowest BCUT2D eigenvalue weighted by molar-refractivity contribution is -0.126. The van der Waals surface area contributed by atoms with Crippen LogP contribution in [0.25, 0.3) is 0 Å². The number of nitrogens with zero attached hydrogens (tertiary/aromatic N) is 5. The van der Waals surface area contributed by atoms with Gasteiger partial charge in [0.1, 0.15) is 6.33 Å². The van der Waals surface area contributed by atoms with Crippen LogP contribution in [0.15, 0.2) is 24.5 Å². The van der Waals surface area contributed by atoms with Crippen LogP contribution in [0.3, 0.4) is 0 Å². The van der Waals surface area contributed by atoms with Gasteiger partial charge in [0.2, 0.25) is 5.91 Å². The Morgan fingerprint density at radius 2 is 1.79 bits per heavy atom. The Kier molecular flexibility index (Phi) is 8.31. The molecule has 8 nitrogen and oxygen atoms in total. The molecular formula is C29H38ClN5O3. The molecule has 3 saturated heterocycles. The van der Waals surface area contributed by atoms with Crippen molar-refractivity contribution in [1.29, 1.82) is 0 Å². The summed E-state index contributed by atoms with van der Waals surface area (Å²) in [6.07, 6.45) is 4.19. The van der Waals surface area contributed by atoms with E-state index in [1.165, 1.54) is 6.33 Å². The van der Waals surface area contributed by atoms with Gasteiger partial charge in [0.05, 0.1) is 29.5 Å². The van der Waals surface area contributed by atoms with Crippen LogP contribution in [0.4, 0.5) is 5.69 Å². The molecule has 0 spiro atoms. The highest BCUT2D eigenvalue weighted by Gasteiger charge is 2.42. The smallest absolute Gasteiger partial charge is 0.257 e. The van der Waals surface area contributed by atoms with Crippen molar-refractivity contribution in [2.45, 2.75) is 40.0 Å². The second kappa shape index (κ2) is 11.7. The number of carbonyl (C=O) groups excluding carboxylic acids is 2. The van der Waals surface area contributed by atoms with Gasteiger partial charge in [-0.25, -0.2) is 9.97 Å². The summed E-state index contributed by atoms with van der Waals surface area (Å²) in [5.41, 5.74) is 4.00. The van der Waals surface area contributed by atoms with Gasteiger partial charge in [-0.05, 0) is 76.1 Å². The second-order valence-electron chi connectivity index (χ2n) is 11.1. The van der Waals surface area contributed by atoms with Crippen LogP contribution in [0.5, 0.6) is 0 Å². The molecule has 3 unspecified atom stereocenters. The van der Waals surface area contributed by atoms with E-state index < -0.39 is 0 Å². The quantitative estimate of drug-likeness (QED) is 0.531. The van der Waals surface area contributed by atoms with Crippen LogP contribution in [0.2, 0.25) is 5.02 Å². The number of ether oxygens (including phenoxy) is 1. The fraction of sp³-hybridized carbons (Fsp3) is 0.586. The number of hydrogen-bond acceptors (Lipinski definition) is 6. The maximum absolute atomic E-state index is 13.5.